The number of hydrogen-bond donors (Lipinski definition) is 0. The molecule has 66 valence electrons. The van der Waals surface area contributed by atoms with Crippen LogP contribution in [0.1, 0.15) is 0 Å². The quantitative estimate of drug-likeness (QED) is 0.644. The van der Waals surface area contributed by atoms with Crippen LogP contribution in [0.25, 0.3) is 0 Å². The number of hydrogen-bond acceptors (Lipinski definition) is 0. The molecule has 0 saturated heterocycles. The fourth-order valence-corrected chi connectivity index (χ4v) is 0.962. The summed E-state index contributed by atoms with van der Waals surface area (Å²) in [6, 6.07) is 7.74. The molecule has 0 aromatic heterocycles. The van der Waals surface area contributed by atoms with Crippen LogP contribution in [0.4, 0.5) is 14.1 Å². The van der Waals surface area contributed by atoms with Gasteiger partial charge >= 0.3 is 0 Å². The summed E-state index contributed by atoms with van der Waals surface area (Å²) in [5, 5.41) is 0.827. The zero-order valence-corrected chi connectivity index (χ0v) is 8.20. The molecule has 0 aliphatic rings. The second kappa shape index (κ2) is 8.13. The van der Waals surface area contributed by atoms with E-state index in [9.17, 15) is 0 Å². The average Bonchev–Trinajstić information content (AvgIpc) is 1.77. The fraction of sp³-hybridized carbons (Fsp3) is 0. The summed E-state index contributed by atoms with van der Waals surface area (Å²) < 4.78 is 1.10. The van der Waals surface area contributed by atoms with Crippen molar-refractivity contribution in [2.45, 2.75) is 0 Å². The first kappa shape index (κ1) is 17.2. The van der Waals surface area contributed by atoms with Crippen molar-refractivity contribution in [3.8, 4) is 0 Å². The van der Waals surface area contributed by atoms with E-state index in [1.807, 2.05) is 24.3 Å². The van der Waals surface area contributed by atoms with Crippen molar-refractivity contribution in [2.75, 3.05) is 0 Å². The van der Waals surface area contributed by atoms with Crippen LogP contribution in [0.15, 0.2) is 24.3 Å². The Morgan fingerprint density at radius 3 is 1.73 bits per heavy atom. The van der Waals surface area contributed by atoms with Gasteiger partial charge in [0.25, 0.3) is 0 Å². The maximum atomic E-state index is 5.70. The van der Waals surface area contributed by atoms with Gasteiger partial charge in [-0.25, -0.2) is 0 Å². The van der Waals surface area contributed by atoms with Crippen LogP contribution >= 0.6 is 34.2 Å². The summed E-state index contributed by atoms with van der Waals surface area (Å²) in [5.41, 5.74) is 0. The molecule has 0 radical (unpaired) electrons. The summed E-state index contributed by atoms with van der Waals surface area (Å²) in [4.78, 5) is 0. The van der Waals surface area contributed by atoms with Gasteiger partial charge in [-0.1, -0.05) is 23.7 Å². The van der Waals surface area contributed by atoms with Gasteiger partial charge in [0, 0.05) is 3.57 Å². The second-order valence-electron chi connectivity index (χ2n) is 1.41. The molecular formula is C6H7ClF3I. The summed E-state index contributed by atoms with van der Waals surface area (Å²) in [6.45, 7) is 0. The van der Waals surface area contributed by atoms with E-state index < -0.39 is 0 Å². The third kappa shape index (κ3) is 5.32. The van der Waals surface area contributed by atoms with E-state index in [2.05, 4.69) is 22.6 Å². The molecule has 0 atom stereocenters. The SMILES string of the molecule is Clc1ccccc1I.F.F.F. The molecule has 0 unspecified atom stereocenters. The predicted molar refractivity (Wildman–Crippen MR) is 51.7 cm³/mol. The van der Waals surface area contributed by atoms with E-state index in [4.69, 9.17) is 11.6 Å². The monoisotopic (exact) mass is 298 g/mol. The van der Waals surface area contributed by atoms with Crippen LogP contribution in [0, 0.1) is 3.57 Å². The van der Waals surface area contributed by atoms with Crippen LogP contribution in [-0.2, 0) is 0 Å². The van der Waals surface area contributed by atoms with E-state index >= 15 is 0 Å². The Morgan fingerprint density at radius 2 is 1.45 bits per heavy atom. The van der Waals surface area contributed by atoms with Gasteiger partial charge in [0.05, 0.1) is 5.02 Å². The minimum atomic E-state index is 0. The highest BCUT2D eigenvalue weighted by Gasteiger charge is 1.88. The highest BCUT2D eigenvalue weighted by atomic mass is 127. The number of benzene rings is 1. The summed E-state index contributed by atoms with van der Waals surface area (Å²) >= 11 is 7.89. The van der Waals surface area contributed by atoms with Gasteiger partial charge in [-0.2, -0.15) is 0 Å². The molecular weight excluding hydrogens is 291 g/mol. The molecule has 0 N–H and O–H groups in total. The Hall–Kier alpha value is 0.0300. The van der Waals surface area contributed by atoms with E-state index in [0.717, 1.165) is 8.59 Å². The highest BCUT2D eigenvalue weighted by molar-refractivity contribution is 14.1. The largest absolute Gasteiger partial charge is 0.269 e. The first-order chi connectivity index (χ1) is 3.80. The van der Waals surface area contributed by atoms with E-state index in [1.165, 1.54) is 0 Å². The van der Waals surface area contributed by atoms with Crippen molar-refractivity contribution in [3.05, 3.63) is 32.9 Å². The zero-order chi connectivity index (χ0) is 5.98. The van der Waals surface area contributed by atoms with Gasteiger partial charge in [-0.05, 0) is 34.7 Å². The Balaban J connectivity index is -0.000000213. The molecule has 0 aliphatic heterocycles. The maximum Gasteiger partial charge on any atom is 0.0539 e. The molecule has 0 amide bonds. The van der Waals surface area contributed by atoms with Crippen molar-refractivity contribution in [1.82, 2.24) is 0 Å². The summed E-state index contributed by atoms with van der Waals surface area (Å²) in [7, 11) is 0. The lowest BCUT2D eigenvalue weighted by Gasteiger charge is -1.89. The fourth-order valence-electron chi connectivity index (χ4n) is 0.439. The van der Waals surface area contributed by atoms with Crippen LogP contribution < -0.4 is 0 Å². The third-order valence-corrected chi connectivity index (χ3v) is 2.41. The van der Waals surface area contributed by atoms with Gasteiger partial charge in [0.15, 0.2) is 0 Å². The molecule has 11 heavy (non-hydrogen) atoms. The van der Waals surface area contributed by atoms with Crippen LogP contribution in [0.5, 0.6) is 0 Å². The molecule has 0 heterocycles. The van der Waals surface area contributed by atoms with Gasteiger partial charge < -0.3 is 0 Å². The minimum absolute atomic E-state index is 0. The molecule has 1 aromatic rings. The van der Waals surface area contributed by atoms with Crippen molar-refractivity contribution in [2.24, 2.45) is 0 Å². The van der Waals surface area contributed by atoms with Crippen molar-refractivity contribution in [3.63, 3.8) is 0 Å². The first-order valence-electron chi connectivity index (χ1n) is 2.21. The minimum Gasteiger partial charge on any atom is -0.269 e. The lowest BCUT2D eigenvalue weighted by molar-refractivity contribution is 1.11. The molecule has 0 bridgehead atoms. The Bertz CT molecular complexity index is 174. The molecule has 0 fully saturated rings. The molecule has 0 nitrogen and oxygen atoms in total. The smallest absolute Gasteiger partial charge is 0.0539 e. The van der Waals surface area contributed by atoms with E-state index in [1.54, 1.807) is 0 Å². The topological polar surface area (TPSA) is 0 Å². The van der Waals surface area contributed by atoms with Gasteiger partial charge in [-0.3, -0.25) is 14.1 Å². The summed E-state index contributed by atoms with van der Waals surface area (Å²) in [6.07, 6.45) is 0. The van der Waals surface area contributed by atoms with E-state index in [0.29, 0.717) is 0 Å². The molecule has 1 aromatic carbocycles. The molecule has 0 spiro atoms. The van der Waals surface area contributed by atoms with Gasteiger partial charge in [0.2, 0.25) is 0 Å². The zero-order valence-electron chi connectivity index (χ0n) is 5.29. The second-order valence-corrected chi connectivity index (χ2v) is 2.98. The Kier molecular flexibility index (Phi) is 12.7. The highest BCUT2D eigenvalue weighted by Crippen LogP contribution is 2.15. The lowest BCUT2D eigenvalue weighted by Crippen LogP contribution is -1.67. The van der Waals surface area contributed by atoms with Gasteiger partial charge in [-0.15, -0.1) is 0 Å². The van der Waals surface area contributed by atoms with Crippen LogP contribution in [0.3, 0.4) is 0 Å². The van der Waals surface area contributed by atoms with Gasteiger partial charge in [0.1, 0.15) is 0 Å². The first-order valence-corrected chi connectivity index (χ1v) is 3.66. The average molecular weight is 298 g/mol. The van der Waals surface area contributed by atoms with Crippen molar-refractivity contribution >= 4 is 34.2 Å². The maximum absolute atomic E-state index is 5.70. The summed E-state index contributed by atoms with van der Waals surface area (Å²) in [5.74, 6) is 0. The van der Waals surface area contributed by atoms with E-state index in [-0.39, 0.29) is 14.1 Å². The molecule has 1 rings (SSSR count). The standard InChI is InChI=1S/C6H4ClI.3FH/c7-5-3-1-2-4-6(5)8;;;/h1-4H;3*1H. The van der Waals surface area contributed by atoms with Crippen molar-refractivity contribution in [1.29, 1.82) is 0 Å². The number of rotatable bonds is 0. The number of halogens is 5. The molecule has 0 saturated carbocycles. The lowest BCUT2D eigenvalue weighted by atomic mass is 10.4. The van der Waals surface area contributed by atoms with Crippen LogP contribution in [-0.4, -0.2) is 0 Å². The Morgan fingerprint density at radius 1 is 1.00 bits per heavy atom. The molecule has 0 aliphatic carbocycles. The van der Waals surface area contributed by atoms with Crippen LogP contribution in [0.2, 0.25) is 5.02 Å². The predicted octanol–water partition coefficient (Wildman–Crippen LogP) is 3.40. The third-order valence-electron chi connectivity index (χ3n) is 0.824. The Labute approximate surface area is 81.2 Å². The molecule has 5 heteroatoms. The van der Waals surface area contributed by atoms with Crippen molar-refractivity contribution < 1.29 is 14.1 Å². The normalized spacial score (nSPS) is 6.73.